The van der Waals surface area contributed by atoms with Crippen molar-refractivity contribution in [2.75, 3.05) is 23.9 Å². The van der Waals surface area contributed by atoms with Gasteiger partial charge >= 0.3 is 6.03 Å². The molecule has 2 amide bonds. The minimum absolute atomic E-state index is 0.0342. The number of rotatable bonds is 8. The number of methoxy groups -OCH3 is 1. The Kier molecular flexibility index (Phi) is 8.68. The van der Waals surface area contributed by atoms with Crippen LogP contribution in [-0.4, -0.2) is 35.8 Å². The largest absolute Gasteiger partial charge is 0.383 e. The average molecular weight is 513 g/mol. The lowest BCUT2D eigenvalue weighted by atomic mass is 10.2. The fourth-order valence-electron chi connectivity index (χ4n) is 2.98. The van der Waals surface area contributed by atoms with Gasteiger partial charge in [-0.1, -0.05) is 34.8 Å². The molecule has 0 aliphatic rings. The highest BCUT2D eigenvalue weighted by Crippen LogP contribution is 2.29. The predicted octanol–water partition coefficient (Wildman–Crippen LogP) is 6.07. The normalized spacial score (nSPS) is 11.7. The van der Waals surface area contributed by atoms with E-state index in [1.165, 1.54) is 47.5 Å². The third-order valence-electron chi connectivity index (χ3n) is 4.47. The Morgan fingerprint density at radius 1 is 1.15 bits per heavy atom. The molecule has 3 aromatic rings. The maximum Gasteiger partial charge on any atom is 0.327 e. The molecule has 0 saturated carbocycles. The Bertz CT molecular complexity index is 1090. The molecule has 2 N–H and O–H groups in total. The number of anilines is 3. The van der Waals surface area contributed by atoms with Gasteiger partial charge in [-0.15, -0.1) is 0 Å². The van der Waals surface area contributed by atoms with Crippen LogP contribution in [0, 0.1) is 5.82 Å². The van der Waals surface area contributed by atoms with E-state index in [1.54, 1.807) is 13.2 Å². The van der Waals surface area contributed by atoms with E-state index in [0.717, 1.165) is 0 Å². The van der Waals surface area contributed by atoms with Gasteiger partial charge in [0.15, 0.2) is 0 Å². The maximum atomic E-state index is 13.5. The van der Waals surface area contributed by atoms with Crippen LogP contribution >= 0.6 is 34.8 Å². The van der Waals surface area contributed by atoms with Crippen LogP contribution in [0.4, 0.5) is 26.6 Å². The Morgan fingerprint density at radius 3 is 2.45 bits per heavy atom. The topological polar surface area (TPSA) is 79.4 Å². The van der Waals surface area contributed by atoms with Gasteiger partial charge < -0.3 is 15.4 Å². The van der Waals surface area contributed by atoms with Crippen LogP contribution in [0.2, 0.25) is 15.1 Å². The van der Waals surface area contributed by atoms with Crippen LogP contribution in [0.25, 0.3) is 0 Å². The van der Waals surface area contributed by atoms with E-state index >= 15 is 0 Å². The standard InChI is InChI=1S/C22H21Cl3FN5O2/c1-13(12-33-2)29-21-27-8-7-20(30-21)31(16-5-3-15(26)4-6-16)22(32)28-11-17-18(24)9-14(23)10-19(17)25/h3-10,13H,11-12H2,1-2H3,(H,28,32)(H,27,29,30). The molecule has 11 heteroatoms. The van der Waals surface area contributed by atoms with E-state index in [-0.39, 0.29) is 18.4 Å². The lowest BCUT2D eigenvalue weighted by molar-refractivity contribution is 0.190. The molecule has 0 aliphatic carbocycles. The van der Waals surface area contributed by atoms with Crippen LogP contribution in [0.1, 0.15) is 12.5 Å². The summed E-state index contributed by atoms with van der Waals surface area (Å²) in [6.07, 6.45) is 1.51. The van der Waals surface area contributed by atoms with Crippen LogP contribution in [-0.2, 0) is 11.3 Å². The van der Waals surface area contributed by atoms with E-state index in [0.29, 0.717) is 38.9 Å². The Labute approximate surface area is 205 Å². The van der Waals surface area contributed by atoms with E-state index < -0.39 is 11.8 Å². The van der Waals surface area contributed by atoms with E-state index in [1.807, 2.05) is 6.92 Å². The third kappa shape index (κ3) is 6.68. The van der Waals surface area contributed by atoms with Crippen molar-refractivity contribution in [2.24, 2.45) is 0 Å². The number of urea groups is 1. The second-order valence-corrected chi connectivity index (χ2v) is 8.31. The van der Waals surface area contributed by atoms with Crippen LogP contribution in [0.15, 0.2) is 48.7 Å². The zero-order valence-corrected chi connectivity index (χ0v) is 20.0. The summed E-state index contributed by atoms with van der Waals surface area (Å²) >= 11 is 18.4. The second kappa shape index (κ2) is 11.5. The monoisotopic (exact) mass is 511 g/mol. The highest BCUT2D eigenvalue weighted by molar-refractivity contribution is 6.39. The van der Waals surface area contributed by atoms with Gasteiger partial charge in [0.05, 0.1) is 12.3 Å². The number of amides is 2. The minimum atomic E-state index is -0.529. The molecular weight excluding hydrogens is 492 g/mol. The summed E-state index contributed by atoms with van der Waals surface area (Å²) in [6, 6.07) is 9.51. The highest BCUT2D eigenvalue weighted by Gasteiger charge is 2.21. The molecule has 0 saturated heterocycles. The lowest BCUT2D eigenvalue weighted by Gasteiger charge is -2.23. The van der Waals surface area contributed by atoms with Crippen molar-refractivity contribution in [1.82, 2.24) is 15.3 Å². The summed E-state index contributed by atoms with van der Waals surface area (Å²) in [5, 5.41) is 6.90. The molecule has 0 radical (unpaired) electrons. The Hall–Kier alpha value is -2.65. The van der Waals surface area contributed by atoms with Crippen LogP contribution in [0.3, 0.4) is 0 Å². The van der Waals surface area contributed by atoms with Gasteiger partial charge in [-0.05, 0) is 43.3 Å². The molecule has 2 aromatic carbocycles. The molecule has 0 fully saturated rings. The SMILES string of the molecule is COCC(C)Nc1nccc(N(C(=O)NCc2c(Cl)cc(Cl)cc2Cl)c2ccc(F)cc2)n1. The van der Waals surface area contributed by atoms with Crippen LogP contribution in [0.5, 0.6) is 0 Å². The maximum absolute atomic E-state index is 13.5. The fraction of sp³-hybridized carbons (Fsp3) is 0.227. The van der Waals surface area contributed by atoms with Gasteiger partial charge in [0, 0.05) is 52.6 Å². The molecule has 1 heterocycles. The first-order valence-electron chi connectivity index (χ1n) is 9.84. The smallest absolute Gasteiger partial charge is 0.327 e. The molecule has 7 nitrogen and oxygen atoms in total. The number of hydrogen-bond donors (Lipinski definition) is 2. The average Bonchev–Trinajstić information content (AvgIpc) is 2.75. The van der Waals surface area contributed by atoms with Gasteiger partial charge in [-0.3, -0.25) is 0 Å². The van der Waals surface area contributed by atoms with Gasteiger partial charge in [-0.25, -0.2) is 19.1 Å². The number of carbonyl (C=O) groups excluding carboxylic acids is 1. The number of hydrogen-bond acceptors (Lipinski definition) is 5. The first-order valence-corrected chi connectivity index (χ1v) is 11.0. The van der Waals surface area contributed by atoms with E-state index in [9.17, 15) is 9.18 Å². The summed E-state index contributed by atoms with van der Waals surface area (Å²) in [5.74, 6) is 0.146. The number of benzene rings is 2. The first-order chi connectivity index (χ1) is 15.8. The number of halogens is 4. The van der Waals surface area contributed by atoms with Crippen molar-refractivity contribution in [1.29, 1.82) is 0 Å². The molecule has 1 unspecified atom stereocenters. The van der Waals surface area contributed by atoms with E-state index in [4.69, 9.17) is 39.5 Å². The molecule has 33 heavy (non-hydrogen) atoms. The summed E-state index contributed by atoms with van der Waals surface area (Å²) < 4.78 is 18.6. The predicted molar refractivity (Wildman–Crippen MR) is 129 cm³/mol. The molecule has 174 valence electrons. The second-order valence-electron chi connectivity index (χ2n) is 7.06. The summed E-state index contributed by atoms with van der Waals surface area (Å²) in [4.78, 5) is 23.2. The molecular formula is C22H21Cl3FN5O2. The zero-order valence-electron chi connectivity index (χ0n) is 17.8. The van der Waals surface area contributed by atoms with Crippen molar-refractivity contribution < 1.29 is 13.9 Å². The molecule has 0 bridgehead atoms. The van der Waals surface area contributed by atoms with Gasteiger partial charge in [0.1, 0.15) is 11.6 Å². The van der Waals surface area contributed by atoms with Gasteiger partial charge in [0.25, 0.3) is 0 Å². The summed E-state index contributed by atoms with van der Waals surface area (Å²) in [7, 11) is 1.59. The number of nitrogens with zero attached hydrogens (tertiary/aromatic N) is 3. The van der Waals surface area contributed by atoms with E-state index in [2.05, 4.69) is 20.6 Å². The Balaban J connectivity index is 1.89. The molecule has 0 aliphatic heterocycles. The number of aromatic nitrogens is 2. The molecule has 1 aromatic heterocycles. The molecule has 3 rings (SSSR count). The van der Waals surface area contributed by atoms with Crippen molar-refractivity contribution in [3.05, 3.63) is 75.1 Å². The molecule has 1 atom stereocenters. The number of ether oxygens (including phenoxy) is 1. The first kappa shape index (κ1) is 25.0. The summed E-state index contributed by atoms with van der Waals surface area (Å²) in [6.45, 7) is 2.38. The van der Waals surface area contributed by atoms with Crippen molar-refractivity contribution in [3.8, 4) is 0 Å². The Morgan fingerprint density at radius 2 is 1.82 bits per heavy atom. The third-order valence-corrected chi connectivity index (χ3v) is 5.36. The van der Waals surface area contributed by atoms with Gasteiger partial charge in [-0.2, -0.15) is 4.98 Å². The zero-order chi connectivity index (χ0) is 24.0. The number of nitrogens with one attached hydrogen (secondary N) is 2. The lowest BCUT2D eigenvalue weighted by Crippen LogP contribution is -2.37. The number of carbonyl (C=O) groups is 1. The fourth-order valence-corrected chi connectivity index (χ4v) is 3.93. The molecule has 0 spiro atoms. The van der Waals surface area contributed by atoms with Gasteiger partial charge in [0.2, 0.25) is 5.95 Å². The van der Waals surface area contributed by atoms with Crippen molar-refractivity contribution >= 4 is 58.3 Å². The van der Waals surface area contributed by atoms with Crippen LogP contribution < -0.4 is 15.5 Å². The minimum Gasteiger partial charge on any atom is -0.383 e. The van der Waals surface area contributed by atoms with Crippen molar-refractivity contribution in [2.45, 2.75) is 19.5 Å². The highest BCUT2D eigenvalue weighted by atomic mass is 35.5. The van der Waals surface area contributed by atoms with Crippen molar-refractivity contribution in [3.63, 3.8) is 0 Å². The summed E-state index contributed by atoms with van der Waals surface area (Å²) in [5.41, 5.74) is 0.908. The quantitative estimate of drug-likeness (QED) is 0.383.